The minimum absolute atomic E-state index is 0.192. The summed E-state index contributed by atoms with van der Waals surface area (Å²) in [6, 6.07) is 18.3. The molecule has 202 valence electrons. The molecule has 9 heteroatoms. The molecule has 6 nitrogen and oxygen atoms in total. The molecule has 1 aliphatic rings. The van der Waals surface area contributed by atoms with Gasteiger partial charge in [-0.15, -0.1) is 0 Å². The van der Waals surface area contributed by atoms with Crippen LogP contribution >= 0.6 is 0 Å². The van der Waals surface area contributed by atoms with Crippen molar-refractivity contribution in [2.75, 3.05) is 19.7 Å². The Labute approximate surface area is 220 Å². The first-order chi connectivity index (χ1) is 18.2. The molecule has 2 aromatic carbocycles. The van der Waals surface area contributed by atoms with Crippen molar-refractivity contribution in [1.29, 1.82) is 0 Å². The molecule has 0 bridgehead atoms. The van der Waals surface area contributed by atoms with Gasteiger partial charge in [0, 0.05) is 26.2 Å². The number of furan rings is 1. The first-order valence-electron chi connectivity index (χ1n) is 12.7. The van der Waals surface area contributed by atoms with Crippen molar-refractivity contribution in [2.24, 2.45) is 5.92 Å². The maximum atomic E-state index is 13.0. The lowest BCUT2D eigenvalue weighted by atomic mass is 9.97. The average Bonchev–Trinajstić information content (AvgIpc) is 3.37. The highest BCUT2D eigenvalue weighted by Crippen LogP contribution is 2.29. The smallest absolute Gasteiger partial charge is 0.416 e. The van der Waals surface area contributed by atoms with Crippen LogP contribution in [-0.4, -0.2) is 41.4 Å². The summed E-state index contributed by atoms with van der Waals surface area (Å²) in [7, 11) is 0. The zero-order valence-electron chi connectivity index (χ0n) is 21.2. The van der Waals surface area contributed by atoms with Crippen molar-refractivity contribution in [2.45, 2.75) is 45.6 Å². The van der Waals surface area contributed by atoms with E-state index in [9.17, 15) is 22.8 Å². The van der Waals surface area contributed by atoms with Gasteiger partial charge in [-0.05, 0) is 55.2 Å². The maximum Gasteiger partial charge on any atom is 0.416 e. The van der Waals surface area contributed by atoms with E-state index in [1.165, 1.54) is 12.1 Å². The molecule has 2 heterocycles. The zero-order chi connectivity index (χ0) is 27.1. The molecule has 3 aromatic rings. The number of ether oxygens (including phenoxy) is 1. The molecule has 0 spiro atoms. The largest absolute Gasteiger partial charge is 0.466 e. The van der Waals surface area contributed by atoms with Crippen LogP contribution in [0.5, 0.6) is 0 Å². The summed E-state index contributed by atoms with van der Waals surface area (Å²) < 4.78 is 49.9. The number of halogens is 3. The maximum absolute atomic E-state index is 13.0. The van der Waals surface area contributed by atoms with E-state index in [0.717, 1.165) is 23.3 Å². The van der Waals surface area contributed by atoms with Gasteiger partial charge in [0.1, 0.15) is 5.76 Å². The van der Waals surface area contributed by atoms with Gasteiger partial charge in [0.2, 0.25) is 0 Å². The van der Waals surface area contributed by atoms with Gasteiger partial charge in [-0.25, -0.2) is 0 Å². The fourth-order valence-corrected chi connectivity index (χ4v) is 4.60. The fraction of sp³-hybridized carbons (Fsp3) is 0.379. The molecule has 1 saturated heterocycles. The molecule has 0 N–H and O–H groups in total. The molecular formula is C29H31F3N2O4. The van der Waals surface area contributed by atoms with E-state index in [4.69, 9.17) is 9.15 Å². The number of benzene rings is 2. The molecule has 0 radical (unpaired) electrons. The predicted octanol–water partition coefficient (Wildman–Crippen LogP) is 5.92. The van der Waals surface area contributed by atoms with Crippen molar-refractivity contribution in [1.82, 2.24) is 9.80 Å². The Morgan fingerprint density at radius 2 is 1.55 bits per heavy atom. The van der Waals surface area contributed by atoms with Crippen LogP contribution in [0.3, 0.4) is 0 Å². The van der Waals surface area contributed by atoms with Gasteiger partial charge in [-0.3, -0.25) is 14.5 Å². The number of alkyl halides is 3. The van der Waals surface area contributed by atoms with E-state index in [-0.39, 0.29) is 23.6 Å². The van der Waals surface area contributed by atoms with Gasteiger partial charge in [0.25, 0.3) is 5.91 Å². The molecule has 38 heavy (non-hydrogen) atoms. The third kappa shape index (κ3) is 7.25. The number of carbonyl (C=O) groups is 2. The number of rotatable bonds is 9. The second-order valence-corrected chi connectivity index (χ2v) is 9.41. The minimum atomic E-state index is -4.38. The summed E-state index contributed by atoms with van der Waals surface area (Å²) in [5.41, 5.74) is 1.10. The topological polar surface area (TPSA) is 63.0 Å². The summed E-state index contributed by atoms with van der Waals surface area (Å²) in [6.07, 6.45) is -3.28. The molecule has 0 aliphatic carbocycles. The molecule has 1 aliphatic heterocycles. The number of piperidine rings is 1. The zero-order valence-corrected chi connectivity index (χ0v) is 21.2. The second kappa shape index (κ2) is 12.3. The Balaban J connectivity index is 1.42. The average molecular weight is 529 g/mol. The Hall–Kier alpha value is -3.59. The number of nitrogens with zero attached hydrogens (tertiary/aromatic N) is 2. The predicted molar refractivity (Wildman–Crippen MR) is 135 cm³/mol. The lowest BCUT2D eigenvalue weighted by Gasteiger charge is -2.30. The lowest BCUT2D eigenvalue weighted by Crippen LogP contribution is -2.40. The van der Waals surface area contributed by atoms with Crippen LogP contribution in [0, 0.1) is 5.92 Å². The van der Waals surface area contributed by atoms with Crippen LogP contribution in [-0.2, 0) is 35.3 Å². The second-order valence-electron chi connectivity index (χ2n) is 9.41. The van der Waals surface area contributed by atoms with Gasteiger partial charge in [0.05, 0.1) is 24.6 Å². The Morgan fingerprint density at radius 1 is 0.921 bits per heavy atom. The van der Waals surface area contributed by atoms with E-state index in [1.807, 2.05) is 30.3 Å². The molecular weight excluding hydrogens is 497 g/mol. The fourth-order valence-electron chi connectivity index (χ4n) is 4.60. The van der Waals surface area contributed by atoms with E-state index in [2.05, 4.69) is 4.90 Å². The van der Waals surface area contributed by atoms with Crippen LogP contribution in [0.15, 0.2) is 71.1 Å². The van der Waals surface area contributed by atoms with Crippen molar-refractivity contribution < 1.29 is 31.9 Å². The quantitative estimate of drug-likeness (QED) is 0.323. The van der Waals surface area contributed by atoms with Crippen LogP contribution in [0.4, 0.5) is 13.2 Å². The number of esters is 1. The highest BCUT2D eigenvalue weighted by Gasteiger charge is 2.31. The summed E-state index contributed by atoms with van der Waals surface area (Å²) in [5, 5.41) is 0. The number of hydrogen-bond acceptors (Lipinski definition) is 5. The summed E-state index contributed by atoms with van der Waals surface area (Å²) in [6.45, 7) is 4.33. The summed E-state index contributed by atoms with van der Waals surface area (Å²) >= 11 is 0. The highest BCUT2D eigenvalue weighted by atomic mass is 19.4. The number of hydrogen-bond donors (Lipinski definition) is 0. The molecule has 0 atom stereocenters. The lowest BCUT2D eigenvalue weighted by molar-refractivity contribution is -0.149. The van der Waals surface area contributed by atoms with Crippen molar-refractivity contribution in [3.63, 3.8) is 0 Å². The van der Waals surface area contributed by atoms with Gasteiger partial charge in [-0.1, -0.05) is 42.5 Å². The third-order valence-corrected chi connectivity index (χ3v) is 6.59. The van der Waals surface area contributed by atoms with Crippen molar-refractivity contribution in [3.8, 4) is 0 Å². The first-order valence-corrected chi connectivity index (χ1v) is 12.7. The van der Waals surface area contributed by atoms with Gasteiger partial charge >= 0.3 is 12.1 Å². The number of likely N-dealkylation sites (tertiary alicyclic amines) is 1. The summed E-state index contributed by atoms with van der Waals surface area (Å²) in [5.74, 6) is 0.173. The highest BCUT2D eigenvalue weighted by molar-refractivity contribution is 5.91. The molecule has 4 rings (SSSR count). The minimum Gasteiger partial charge on any atom is -0.466 e. The molecule has 1 aromatic heterocycles. The third-order valence-electron chi connectivity index (χ3n) is 6.59. The Kier molecular flexibility index (Phi) is 8.89. The summed E-state index contributed by atoms with van der Waals surface area (Å²) in [4.78, 5) is 28.7. The molecule has 0 saturated carbocycles. The van der Waals surface area contributed by atoms with Gasteiger partial charge in [-0.2, -0.15) is 13.2 Å². The number of amides is 1. The monoisotopic (exact) mass is 528 g/mol. The van der Waals surface area contributed by atoms with Crippen LogP contribution in [0.1, 0.15) is 52.8 Å². The molecule has 1 amide bonds. The standard InChI is InChI=1S/C29H31F3N2O4/c1-2-37-28(36)23-14-16-34(17-15-23)27(35)26-13-12-25(38-26)20-33(18-21-6-4-3-5-7-21)19-22-8-10-24(11-9-22)29(30,31)32/h3-13,23H,2,14-20H2,1H3. The molecule has 0 unspecified atom stereocenters. The van der Waals surface area contributed by atoms with E-state index >= 15 is 0 Å². The number of carbonyl (C=O) groups excluding carboxylic acids is 2. The van der Waals surface area contributed by atoms with Crippen molar-refractivity contribution >= 4 is 11.9 Å². The van der Waals surface area contributed by atoms with E-state index in [0.29, 0.717) is 57.9 Å². The Bertz CT molecular complexity index is 1200. The van der Waals surface area contributed by atoms with Crippen molar-refractivity contribution in [3.05, 3.63) is 94.9 Å². The first kappa shape index (κ1) is 27.4. The van der Waals surface area contributed by atoms with E-state index < -0.39 is 11.7 Å². The molecule has 1 fully saturated rings. The van der Waals surface area contributed by atoms with E-state index in [1.54, 1.807) is 24.0 Å². The van der Waals surface area contributed by atoms with Gasteiger partial charge < -0.3 is 14.1 Å². The normalized spacial score (nSPS) is 14.6. The van der Waals surface area contributed by atoms with Crippen LogP contribution in [0.2, 0.25) is 0 Å². The SMILES string of the molecule is CCOC(=O)C1CCN(C(=O)c2ccc(CN(Cc3ccccc3)Cc3ccc(C(F)(F)F)cc3)o2)CC1. The van der Waals surface area contributed by atoms with Gasteiger partial charge in [0.15, 0.2) is 5.76 Å². The van der Waals surface area contributed by atoms with Crippen LogP contribution in [0.25, 0.3) is 0 Å². The Morgan fingerprint density at radius 3 is 2.16 bits per heavy atom. The van der Waals surface area contributed by atoms with Crippen LogP contribution < -0.4 is 0 Å².